The van der Waals surface area contributed by atoms with Crippen LogP contribution in [0.25, 0.3) is 0 Å². The van der Waals surface area contributed by atoms with Crippen molar-refractivity contribution in [3.05, 3.63) is 29.6 Å². The van der Waals surface area contributed by atoms with Crippen LogP contribution in [-0.4, -0.2) is 28.3 Å². The summed E-state index contributed by atoms with van der Waals surface area (Å²) >= 11 is 0. The van der Waals surface area contributed by atoms with Crippen LogP contribution in [-0.2, 0) is 4.79 Å². The Labute approximate surface area is 127 Å². The standard InChI is InChI=1S/C16H17F2N3O/c1-2-16(14(17)18)6-12-3-4-13(21(12)15(16)22)11-5-10(7-19)8-20-9-11/h5,8-9,12-14H,2-4,6H2,1H3/t12-,13-,16+/m0/s1. The van der Waals surface area contributed by atoms with Gasteiger partial charge in [0.15, 0.2) is 0 Å². The number of nitrogens with zero attached hydrogens (tertiary/aromatic N) is 3. The molecule has 0 aliphatic carbocycles. The number of amides is 1. The van der Waals surface area contributed by atoms with E-state index in [1.807, 2.05) is 6.07 Å². The molecule has 6 heteroatoms. The van der Waals surface area contributed by atoms with E-state index < -0.39 is 17.7 Å². The summed E-state index contributed by atoms with van der Waals surface area (Å²) in [6.07, 6.45) is 2.27. The van der Waals surface area contributed by atoms with Crippen LogP contribution >= 0.6 is 0 Å². The molecule has 116 valence electrons. The average molecular weight is 305 g/mol. The third-order valence-electron chi connectivity index (χ3n) is 5.08. The third kappa shape index (κ3) is 1.99. The van der Waals surface area contributed by atoms with Gasteiger partial charge in [-0.15, -0.1) is 0 Å². The number of carbonyl (C=O) groups is 1. The van der Waals surface area contributed by atoms with Gasteiger partial charge in [-0.2, -0.15) is 5.26 Å². The fourth-order valence-electron chi connectivity index (χ4n) is 3.82. The van der Waals surface area contributed by atoms with Gasteiger partial charge in [0, 0.05) is 18.4 Å². The molecule has 3 heterocycles. The second-order valence-corrected chi connectivity index (χ2v) is 6.09. The number of alkyl halides is 2. The summed E-state index contributed by atoms with van der Waals surface area (Å²) in [6.45, 7) is 1.65. The monoisotopic (exact) mass is 305 g/mol. The molecular formula is C16H17F2N3O. The van der Waals surface area contributed by atoms with Gasteiger partial charge in [0.25, 0.3) is 6.43 Å². The fourth-order valence-corrected chi connectivity index (χ4v) is 3.82. The lowest BCUT2D eigenvalue weighted by Crippen LogP contribution is -2.40. The predicted octanol–water partition coefficient (Wildman–Crippen LogP) is 3.05. The van der Waals surface area contributed by atoms with Crippen molar-refractivity contribution >= 4 is 5.91 Å². The van der Waals surface area contributed by atoms with Crippen molar-refractivity contribution in [2.75, 3.05) is 0 Å². The zero-order valence-electron chi connectivity index (χ0n) is 12.3. The summed E-state index contributed by atoms with van der Waals surface area (Å²) in [5.74, 6) is -0.445. The Kier molecular flexibility index (Phi) is 3.59. The molecule has 4 nitrogen and oxygen atoms in total. The Morgan fingerprint density at radius 3 is 2.91 bits per heavy atom. The molecule has 3 atom stereocenters. The summed E-state index contributed by atoms with van der Waals surface area (Å²) < 4.78 is 27.0. The van der Waals surface area contributed by atoms with E-state index in [0.29, 0.717) is 5.56 Å². The van der Waals surface area contributed by atoms with Gasteiger partial charge in [0.2, 0.25) is 5.91 Å². The number of aromatic nitrogens is 1. The largest absolute Gasteiger partial charge is 0.332 e. The molecule has 2 fully saturated rings. The summed E-state index contributed by atoms with van der Waals surface area (Å²) in [5.41, 5.74) is -0.358. The van der Waals surface area contributed by atoms with Gasteiger partial charge in [-0.3, -0.25) is 9.78 Å². The number of carbonyl (C=O) groups excluding carboxylic acids is 1. The minimum Gasteiger partial charge on any atom is -0.332 e. The van der Waals surface area contributed by atoms with E-state index in [9.17, 15) is 13.6 Å². The molecule has 0 N–H and O–H groups in total. The maximum atomic E-state index is 13.5. The van der Waals surface area contributed by atoms with Crippen LogP contribution in [0.4, 0.5) is 8.78 Å². The van der Waals surface area contributed by atoms with E-state index in [1.165, 1.54) is 6.20 Å². The van der Waals surface area contributed by atoms with E-state index >= 15 is 0 Å². The van der Waals surface area contributed by atoms with Crippen molar-refractivity contribution < 1.29 is 13.6 Å². The number of hydrogen-bond donors (Lipinski definition) is 0. The van der Waals surface area contributed by atoms with Crippen molar-refractivity contribution in [3.8, 4) is 6.07 Å². The lowest BCUT2D eigenvalue weighted by Gasteiger charge is -2.29. The van der Waals surface area contributed by atoms with Crippen LogP contribution in [0, 0.1) is 16.7 Å². The number of halogens is 2. The molecule has 2 aliphatic rings. The Morgan fingerprint density at radius 2 is 2.27 bits per heavy atom. The Hall–Kier alpha value is -2.03. The van der Waals surface area contributed by atoms with Gasteiger partial charge in [-0.25, -0.2) is 8.78 Å². The van der Waals surface area contributed by atoms with Gasteiger partial charge >= 0.3 is 0 Å². The summed E-state index contributed by atoms with van der Waals surface area (Å²) in [4.78, 5) is 18.3. The molecule has 3 rings (SSSR count). The van der Waals surface area contributed by atoms with Crippen LogP contribution in [0.5, 0.6) is 0 Å². The molecule has 0 radical (unpaired) electrons. The highest BCUT2D eigenvalue weighted by Crippen LogP contribution is 2.52. The molecule has 2 saturated heterocycles. The first kappa shape index (κ1) is 14.9. The fraction of sp³-hybridized carbons (Fsp3) is 0.562. The first-order chi connectivity index (χ1) is 10.5. The van der Waals surface area contributed by atoms with Gasteiger partial charge in [-0.05, 0) is 37.3 Å². The second kappa shape index (κ2) is 5.31. The van der Waals surface area contributed by atoms with Crippen LogP contribution in [0.2, 0.25) is 0 Å². The zero-order chi connectivity index (χ0) is 15.9. The van der Waals surface area contributed by atoms with E-state index in [1.54, 1.807) is 24.1 Å². The van der Waals surface area contributed by atoms with Crippen LogP contribution in [0.1, 0.15) is 49.8 Å². The highest BCUT2D eigenvalue weighted by atomic mass is 19.3. The van der Waals surface area contributed by atoms with Crippen molar-refractivity contribution in [1.82, 2.24) is 9.88 Å². The lowest BCUT2D eigenvalue weighted by atomic mass is 9.81. The van der Waals surface area contributed by atoms with Gasteiger partial charge in [-0.1, -0.05) is 6.92 Å². The summed E-state index contributed by atoms with van der Waals surface area (Å²) in [6, 6.07) is 3.34. The highest BCUT2D eigenvalue weighted by molar-refractivity contribution is 5.86. The van der Waals surface area contributed by atoms with Crippen LogP contribution in [0.15, 0.2) is 18.5 Å². The summed E-state index contributed by atoms with van der Waals surface area (Å²) in [5, 5.41) is 8.97. The van der Waals surface area contributed by atoms with E-state index in [-0.39, 0.29) is 24.9 Å². The van der Waals surface area contributed by atoms with Gasteiger partial charge in [0.1, 0.15) is 11.5 Å². The topological polar surface area (TPSA) is 57.0 Å². The van der Waals surface area contributed by atoms with E-state index in [4.69, 9.17) is 5.26 Å². The molecular weight excluding hydrogens is 288 g/mol. The SMILES string of the molecule is CC[C@]1(C(F)F)C[C@@H]2CC[C@@H](c3cncc(C#N)c3)N2C1=O. The molecule has 0 aromatic carbocycles. The maximum Gasteiger partial charge on any atom is 0.252 e. The maximum absolute atomic E-state index is 13.5. The highest BCUT2D eigenvalue weighted by Gasteiger charge is 2.59. The van der Waals surface area contributed by atoms with E-state index in [0.717, 1.165) is 18.4 Å². The Balaban J connectivity index is 1.95. The van der Waals surface area contributed by atoms with Crippen LogP contribution in [0.3, 0.4) is 0 Å². The zero-order valence-corrected chi connectivity index (χ0v) is 12.3. The quantitative estimate of drug-likeness (QED) is 0.862. The molecule has 1 aromatic heterocycles. The minimum absolute atomic E-state index is 0.128. The van der Waals surface area contributed by atoms with Crippen molar-refractivity contribution in [2.45, 2.75) is 51.1 Å². The molecule has 0 bridgehead atoms. The van der Waals surface area contributed by atoms with Gasteiger partial charge in [0.05, 0.1) is 11.6 Å². The minimum atomic E-state index is -2.64. The first-order valence-corrected chi connectivity index (χ1v) is 7.49. The van der Waals surface area contributed by atoms with Crippen LogP contribution < -0.4 is 0 Å². The molecule has 1 amide bonds. The Bertz CT molecular complexity index is 643. The number of hydrogen-bond acceptors (Lipinski definition) is 3. The number of fused-ring (bicyclic) bond motifs is 1. The molecule has 22 heavy (non-hydrogen) atoms. The lowest BCUT2D eigenvalue weighted by molar-refractivity contribution is -0.146. The smallest absolute Gasteiger partial charge is 0.252 e. The van der Waals surface area contributed by atoms with Crippen molar-refractivity contribution in [1.29, 1.82) is 5.26 Å². The normalized spacial score (nSPS) is 30.7. The first-order valence-electron chi connectivity index (χ1n) is 7.49. The molecule has 0 saturated carbocycles. The molecule has 2 aliphatic heterocycles. The number of nitriles is 1. The second-order valence-electron chi connectivity index (χ2n) is 6.09. The molecule has 1 aromatic rings. The van der Waals surface area contributed by atoms with Crippen molar-refractivity contribution in [3.63, 3.8) is 0 Å². The van der Waals surface area contributed by atoms with Gasteiger partial charge < -0.3 is 4.90 Å². The average Bonchev–Trinajstić information content (AvgIpc) is 3.06. The third-order valence-corrected chi connectivity index (χ3v) is 5.08. The number of rotatable bonds is 3. The van der Waals surface area contributed by atoms with Crippen molar-refractivity contribution in [2.24, 2.45) is 5.41 Å². The molecule has 0 unspecified atom stereocenters. The predicted molar refractivity (Wildman–Crippen MR) is 74.9 cm³/mol. The van der Waals surface area contributed by atoms with E-state index in [2.05, 4.69) is 4.98 Å². The number of pyridine rings is 1. The Morgan fingerprint density at radius 1 is 1.50 bits per heavy atom. The summed E-state index contributed by atoms with van der Waals surface area (Å²) in [7, 11) is 0. The molecule has 0 spiro atoms.